The van der Waals surface area contributed by atoms with Gasteiger partial charge in [0.1, 0.15) is 0 Å². The summed E-state index contributed by atoms with van der Waals surface area (Å²) < 4.78 is 0. The maximum absolute atomic E-state index is 6.06. The van der Waals surface area contributed by atoms with Crippen LogP contribution < -0.4 is 0 Å². The summed E-state index contributed by atoms with van der Waals surface area (Å²) in [5.74, 6) is 0.602. The molecule has 0 aliphatic rings. The monoisotopic (exact) mass is 326 g/mol. The zero-order valence-electron chi connectivity index (χ0n) is 13.7. The number of tetrazole rings is 1. The molecule has 0 radical (unpaired) electrons. The Bertz CT molecular complexity index is 829. The van der Waals surface area contributed by atoms with E-state index in [1.165, 1.54) is 10.4 Å². The minimum Gasteiger partial charge on any atom is -0.130 e. The molecule has 3 rings (SSSR count). The normalized spacial score (nSPS) is 11.7. The molecule has 0 N–H and O–H groups in total. The molecule has 1 heterocycles. The van der Waals surface area contributed by atoms with Gasteiger partial charge in [0.25, 0.3) is 0 Å². The first kappa shape index (κ1) is 15.7. The van der Waals surface area contributed by atoms with Crippen LogP contribution in [0.15, 0.2) is 42.5 Å². The van der Waals surface area contributed by atoms with Gasteiger partial charge in [-0.25, -0.2) is 0 Å². The minimum atomic E-state index is 0.126. The van der Waals surface area contributed by atoms with E-state index in [9.17, 15) is 0 Å². The van der Waals surface area contributed by atoms with Crippen molar-refractivity contribution in [1.29, 1.82) is 0 Å². The predicted molar refractivity (Wildman–Crippen MR) is 93.0 cm³/mol. The van der Waals surface area contributed by atoms with Crippen molar-refractivity contribution in [2.45, 2.75) is 33.1 Å². The number of rotatable bonds is 2. The van der Waals surface area contributed by atoms with Gasteiger partial charge >= 0.3 is 0 Å². The third-order valence-electron chi connectivity index (χ3n) is 3.81. The number of benzene rings is 2. The summed E-state index contributed by atoms with van der Waals surface area (Å²) in [6.45, 7) is 8.57. The number of halogens is 1. The van der Waals surface area contributed by atoms with E-state index in [1.807, 2.05) is 37.3 Å². The summed E-state index contributed by atoms with van der Waals surface area (Å²) in [6.07, 6.45) is 0. The molecule has 5 heteroatoms. The topological polar surface area (TPSA) is 43.6 Å². The van der Waals surface area contributed by atoms with Crippen LogP contribution in [0.3, 0.4) is 0 Å². The first-order valence-corrected chi connectivity index (χ1v) is 7.90. The summed E-state index contributed by atoms with van der Waals surface area (Å²) >= 11 is 6.06. The fourth-order valence-electron chi connectivity index (χ4n) is 2.35. The van der Waals surface area contributed by atoms with Gasteiger partial charge in [-0.15, -0.1) is 15.0 Å². The second-order valence-corrected chi connectivity index (χ2v) is 7.10. The van der Waals surface area contributed by atoms with Crippen LogP contribution in [0.25, 0.3) is 17.1 Å². The summed E-state index contributed by atoms with van der Waals surface area (Å²) in [6, 6.07) is 13.9. The molecule has 0 unspecified atom stereocenters. The van der Waals surface area contributed by atoms with E-state index in [-0.39, 0.29) is 5.41 Å². The minimum absolute atomic E-state index is 0.126. The lowest BCUT2D eigenvalue weighted by molar-refractivity contribution is 0.590. The Labute approximate surface area is 141 Å². The molecule has 2 aromatic carbocycles. The van der Waals surface area contributed by atoms with Gasteiger partial charge in [0.15, 0.2) is 0 Å². The lowest BCUT2D eigenvalue weighted by Crippen LogP contribution is -2.10. The van der Waals surface area contributed by atoms with Gasteiger partial charge in [0.2, 0.25) is 5.82 Å². The van der Waals surface area contributed by atoms with Crippen LogP contribution in [0.5, 0.6) is 0 Å². The van der Waals surface area contributed by atoms with E-state index in [4.69, 9.17) is 11.6 Å². The largest absolute Gasteiger partial charge is 0.205 e. The lowest BCUT2D eigenvalue weighted by atomic mass is 9.87. The van der Waals surface area contributed by atoms with Crippen LogP contribution in [0.4, 0.5) is 0 Å². The molecule has 4 nitrogen and oxygen atoms in total. The van der Waals surface area contributed by atoms with E-state index in [0.29, 0.717) is 10.8 Å². The molecule has 118 valence electrons. The highest BCUT2D eigenvalue weighted by Crippen LogP contribution is 2.25. The average molecular weight is 327 g/mol. The molecular formula is C18H19ClN4. The van der Waals surface area contributed by atoms with Crippen LogP contribution in [0.2, 0.25) is 5.02 Å². The highest BCUT2D eigenvalue weighted by molar-refractivity contribution is 6.30. The molecule has 3 aromatic rings. The van der Waals surface area contributed by atoms with Crippen molar-refractivity contribution in [3.63, 3.8) is 0 Å². The highest BCUT2D eigenvalue weighted by atomic mass is 35.5. The molecule has 0 saturated carbocycles. The fourth-order valence-corrected chi connectivity index (χ4v) is 2.52. The second kappa shape index (κ2) is 5.78. The Morgan fingerprint density at radius 2 is 1.70 bits per heavy atom. The van der Waals surface area contributed by atoms with E-state index < -0.39 is 0 Å². The second-order valence-electron chi connectivity index (χ2n) is 6.66. The molecule has 0 fully saturated rings. The van der Waals surface area contributed by atoms with Crippen molar-refractivity contribution < 1.29 is 0 Å². The molecule has 0 aliphatic heterocycles. The van der Waals surface area contributed by atoms with Crippen molar-refractivity contribution in [3.8, 4) is 17.1 Å². The van der Waals surface area contributed by atoms with E-state index in [2.05, 4.69) is 48.3 Å². The van der Waals surface area contributed by atoms with Crippen LogP contribution in [0.1, 0.15) is 31.9 Å². The Morgan fingerprint density at radius 3 is 2.35 bits per heavy atom. The molecule has 0 saturated heterocycles. The van der Waals surface area contributed by atoms with Gasteiger partial charge in [0.05, 0.1) is 5.69 Å². The third-order valence-corrected chi connectivity index (χ3v) is 4.04. The van der Waals surface area contributed by atoms with Gasteiger partial charge in [-0.05, 0) is 40.8 Å². The summed E-state index contributed by atoms with van der Waals surface area (Å²) in [5.41, 5.74) is 4.23. The molecule has 0 aliphatic carbocycles. The number of aromatic nitrogens is 4. The SMILES string of the molecule is Cc1ccc(Cl)cc1-n1nnc(-c2ccc(C(C)(C)C)cc2)n1. The number of hydrogen-bond donors (Lipinski definition) is 0. The third kappa shape index (κ3) is 3.27. The van der Waals surface area contributed by atoms with E-state index in [0.717, 1.165) is 16.8 Å². The van der Waals surface area contributed by atoms with Crippen molar-refractivity contribution in [2.24, 2.45) is 0 Å². The number of nitrogens with zero attached hydrogens (tertiary/aromatic N) is 4. The van der Waals surface area contributed by atoms with Gasteiger partial charge in [-0.2, -0.15) is 0 Å². The van der Waals surface area contributed by atoms with Crippen molar-refractivity contribution in [3.05, 3.63) is 58.6 Å². The summed E-state index contributed by atoms with van der Waals surface area (Å²) in [5, 5.41) is 13.4. The van der Waals surface area contributed by atoms with Crippen molar-refractivity contribution >= 4 is 11.6 Å². The number of aryl methyl sites for hydroxylation is 1. The Morgan fingerprint density at radius 1 is 1.00 bits per heavy atom. The first-order valence-electron chi connectivity index (χ1n) is 7.52. The smallest absolute Gasteiger partial charge is 0.130 e. The predicted octanol–water partition coefficient (Wildman–Crippen LogP) is 4.59. The standard InChI is InChI=1S/C18H19ClN4/c1-12-5-10-15(19)11-16(12)23-21-17(20-22-23)13-6-8-14(9-7-13)18(2,3)4/h5-11H,1-4H3. The maximum atomic E-state index is 6.06. The van der Waals surface area contributed by atoms with E-state index >= 15 is 0 Å². The summed E-state index contributed by atoms with van der Waals surface area (Å²) in [4.78, 5) is 1.52. The molecule has 0 bridgehead atoms. The van der Waals surface area contributed by atoms with Crippen molar-refractivity contribution in [1.82, 2.24) is 20.2 Å². The quantitative estimate of drug-likeness (QED) is 0.692. The van der Waals surface area contributed by atoms with Crippen LogP contribution >= 0.6 is 11.6 Å². The molecule has 0 amide bonds. The zero-order valence-corrected chi connectivity index (χ0v) is 14.5. The Kier molecular flexibility index (Phi) is 3.94. The van der Waals surface area contributed by atoms with Gasteiger partial charge < -0.3 is 0 Å². The van der Waals surface area contributed by atoms with Crippen LogP contribution in [-0.2, 0) is 5.41 Å². The molecule has 0 atom stereocenters. The van der Waals surface area contributed by atoms with Crippen LogP contribution in [0, 0.1) is 6.92 Å². The number of hydrogen-bond acceptors (Lipinski definition) is 3. The Balaban J connectivity index is 1.94. The Hall–Kier alpha value is -2.20. The lowest BCUT2D eigenvalue weighted by Gasteiger charge is -2.18. The van der Waals surface area contributed by atoms with Gasteiger partial charge in [-0.3, -0.25) is 0 Å². The molecular weight excluding hydrogens is 308 g/mol. The van der Waals surface area contributed by atoms with E-state index in [1.54, 1.807) is 0 Å². The molecule has 0 spiro atoms. The highest BCUT2D eigenvalue weighted by Gasteiger charge is 2.14. The van der Waals surface area contributed by atoms with Crippen LogP contribution in [-0.4, -0.2) is 20.2 Å². The fraction of sp³-hybridized carbons (Fsp3) is 0.278. The zero-order chi connectivity index (χ0) is 16.6. The summed E-state index contributed by atoms with van der Waals surface area (Å²) in [7, 11) is 0. The van der Waals surface area contributed by atoms with Gasteiger partial charge in [0, 0.05) is 10.6 Å². The molecule has 23 heavy (non-hydrogen) atoms. The van der Waals surface area contributed by atoms with Gasteiger partial charge in [-0.1, -0.05) is 62.7 Å². The first-order chi connectivity index (χ1) is 10.8. The van der Waals surface area contributed by atoms with Crippen molar-refractivity contribution in [2.75, 3.05) is 0 Å². The molecule has 1 aromatic heterocycles. The maximum Gasteiger partial charge on any atom is 0.205 e. The average Bonchev–Trinajstić information content (AvgIpc) is 2.99.